The summed E-state index contributed by atoms with van der Waals surface area (Å²) in [5.41, 5.74) is 1.01. The number of carbonyl (C=O) groups is 1. The molecule has 1 aromatic rings. The van der Waals surface area contributed by atoms with Gasteiger partial charge in [0, 0.05) is 12.6 Å². The number of nitrogens with one attached hydrogen (secondary N) is 1. The highest BCUT2D eigenvalue weighted by atomic mass is 35.5. The van der Waals surface area contributed by atoms with Crippen molar-refractivity contribution in [1.82, 2.24) is 5.32 Å². The van der Waals surface area contributed by atoms with E-state index in [0.717, 1.165) is 10.5 Å². The zero-order valence-corrected chi connectivity index (χ0v) is 12.3. The average molecular weight is 302 g/mol. The van der Waals surface area contributed by atoms with Gasteiger partial charge in [0.2, 0.25) is 0 Å². The van der Waals surface area contributed by atoms with Crippen LogP contribution in [0.1, 0.15) is 18.0 Å². The second kappa shape index (κ2) is 6.03. The number of hydrogen-bond acceptors (Lipinski definition) is 4. The van der Waals surface area contributed by atoms with Crippen molar-refractivity contribution >= 4 is 29.3 Å². The Morgan fingerprint density at radius 1 is 1.58 bits per heavy atom. The summed E-state index contributed by atoms with van der Waals surface area (Å²) in [6.45, 7) is 0.498. The number of ether oxygens (including phenoxy) is 1. The summed E-state index contributed by atoms with van der Waals surface area (Å²) in [5, 5.41) is 12.8. The van der Waals surface area contributed by atoms with Crippen LogP contribution in [0.2, 0.25) is 5.02 Å². The second-order valence-corrected chi connectivity index (χ2v) is 5.73. The van der Waals surface area contributed by atoms with E-state index in [0.29, 0.717) is 23.7 Å². The topological polar surface area (TPSA) is 58.6 Å². The highest BCUT2D eigenvalue weighted by Crippen LogP contribution is 2.39. The van der Waals surface area contributed by atoms with Gasteiger partial charge in [0.25, 0.3) is 0 Å². The molecule has 0 aliphatic carbocycles. The van der Waals surface area contributed by atoms with Gasteiger partial charge in [-0.2, -0.15) is 0 Å². The molecule has 0 bridgehead atoms. The number of thioether (sulfide) groups is 1. The molecule has 2 rings (SSSR count). The first-order valence-electron chi connectivity index (χ1n) is 5.94. The van der Waals surface area contributed by atoms with Gasteiger partial charge in [-0.05, 0) is 30.4 Å². The maximum absolute atomic E-state index is 11.0. The lowest BCUT2D eigenvalue weighted by atomic mass is 10.00. The number of methoxy groups -OCH3 is 1. The van der Waals surface area contributed by atoms with Crippen LogP contribution >= 0.6 is 23.4 Å². The highest BCUT2D eigenvalue weighted by molar-refractivity contribution is 7.98. The Balaban J connectivity index is 2.27. The number of carboxylic acid groups (broad SMARTS) is 1. The van der Waals surface area contributed by atoms with Crippen molar-refractivity contribution in [2.45, 2.75) is 17.4 Å². The molecule has 2 N–H and O–H groups in total. The quantitative estimate of drug-likeness (QED) is 0.838. The Bertz CT molecular complexity index is 495. The van der Waals surface area contributed by atoms with E-state index >= 15 is 0 Å². The molecule has 19 heavy (non-hydrogen) atoms. The van der Waals surface area contributed by atoms with E-state index in [1.54, 1.807) is 18.9 Å². The molecule has 2 unspecified atom stereocenters. The molecule has 0 amide bonds. The molecule has 1 heterocycles. The smallest absolute Gasteiger partial charge is 0.307 e. The van der Waals surface area contributed by atoms with Crippen molar-refractivity contribution in [3.63, 3.8) is 0 Å². The molecule has 104 valence electrons. The normalized spacial score (nSPS) is 22.5. The van der Waals surface area contributed by atoms with Crippen molar-refractivity contribution in [2.75, 3.05) is 19.9 Å². The predicted octanol–water partition coefficient (Wildman–Crippen LogP) is 2.81. The molecule has 1 fully saturated rings. The fourth-order valence-corrected chi connectivity index (χ4v) is 3.31. The maximum atomic E-state index is 11.0. The van der Waals surface area contributed by atoms with Crippen LogP contribution < -0.4 is 10.1 Å². The molecule has 0 radical (unpaired) electrons. The largest absolute Gasteiger partial charge is 0.494 e. The number of halogens is 1. The summed E-state index contributed by atoms with van der Waals surface area (Å²) < 4.78 is 5.28. The van der Waals surface area contributed by atoms with E-state index in [-0.39, 0.29) is 12.0 Å². The van der Waals surface area contributed by atoms with E-state index < -0.39 is 5.97 Å². The standard InChI is InChI=1S/C13H16ClNO3S/c1-18-12-9(14)3-7(5-11(12)19-2)10-4-8(6-15-10)13(16)17/h3,5,8,10,15H,4,6H2,1-2H3,(H,16,17). The Morgan fingerprint density at radius 3 is 2.84 bits per heavy atom. The van der Waals surface area contributed by atoms with E-state index in [1.165, 1.54) is 0 Å². The number of aliphatic carboxylic acids is 1. The van der Waals surface area contributed by atoms with Crippen molar-refractivity contribution in [2.24, 2.45) is 5.92 Å². The molecule has 1 saturated heterocycles. The minimum absolute atomic E-state index is 0.0374. The lowest BCUT2D eigenvalue weighted by molar-refractivity contribution is -0.141. The van der Waals surface area contributed by atoms with Gasteiger partial charge < -0.3 is 15.2 Å². The monoisotopic (exact) mass is 301 g/mol. The average Bonchev–Trinajstić information content (AvgIpc) is 2.87. The zero-order valence-electron chi connectivity index (χ0n) is 10.8. The van der Waals surface area contributed by atoms with Gasteiger partial charge in [0.1, 0.15) is 0 Å². The third kappa shape index (κ3) is 2.99. The Morgan fingerprint density at radius 2 is 2.32 bits per heavy atom. The fourth-order valence-electron chi connectivity index (χ4n) is 2.32. The zero-order chi connectivity index (χ0) is 14.0. The first-order valence-corrected chi connectivity index (χ1v) is 7.54. The third-order valence-corrected chi connectivity index (χ3v) is 4.36. The molecule has 0 aromatic heterocycles. The SMILES string of the molecule is COc1c(Cl)cc(C2CC(C(=O)O)CN2)cc1SC. The Hall–Kier alpha value is -0.910. The first-order chi connectivity index (χ1) is 9.06. The number of rotatable bonds is 4. The van der Waals surface area contributed by atoms with Gasteiger partial charge in [0.15, 0.2) is 5.75 Å². The number of hydrogen-bond donors (Lipinski definition) is 2. The Kier molecular flexibility index (Phi) is 4.60. The lowest BCUT2D eigenvalue weighted by Gasteiger charge is -2.15. The summed E-state index contributed by atoms with van der Waals surface area (Å²) >= 11 is 7.77. The molecule has 6 heteroatoms. The summed E-state index contributed by atoms with van der Waals surface area (Å²) in [6.07, 6.45) is 2.55. The van der Waals surface area contributed by atoms with Crippen molar-refractivity contribution in [1.29, 1.82) is 0 Å². The van der Waals surface area contributed by atoms with Gasteiger partial charge in [-0.25, -0.2) is 0 Å². The molecule has 1 aliphatic heterocycles. The van der Waals surface area contributed by atoms with Crippen LogP contribution in [0, 0.1) is 5.92 Å². The lowest BCUT2D eigenvalue weighted by Crippen LogP contribution is -2.17. The van der Waals surface area contributed by atoms with Crippen LogP contribution in [-0.4, -0.2) is 31.0 Å². The van der Waals surface area contributed by atoms with Crippen molar-refractivity contribution in [3.8, 4) is 5.75 Å². The molecule has 0 saturated carbocycles. The summed E-state index contributed by atoms with van der Waals surface area (Å²) in [4.78, 5) is 11.9. The predicted molar refractivity (Wildman–Crippen MR) is 76.3 cm³/mol. The fraction of sp³-hybridized carbons (Fsp3) is 0.462. The van der Waals surface area contributed by atoms with Crippen LogP contribution in [0.4, 0.5) is 0 Å². The third-order valence-electron chi connectivity index (χ3n) is 3.34. The first kappa shape index (κ1) is 14.5. The number of benzene rings is 1. The van der Waals surface area contributed by atoms with Crippen LogP contribution in [0.3, 0.4) is 0 Å². The molecular weight excluding hydrogens is 286 g/mol. The number of carboxylic acids is 1. The summed E-state index contributed by atoms with van der Waals surface area (Å²) in [7, 11) is 1.59. The van der Waals surface area contributed by atoms with E-state index in [9.17, 15) is 4.79 Å². The highest BCUT2D eigenvalue weighted by Gasteiger charge is 2.30. The molecule has 2 atom stereocenters. The van der Waals surface area contributed by atoms with Crippen LogP contribution in [0.15, 0.2) is 17.0 Å². The Labute approximate surface area is 121 Å². The van der Waals surface area contributed by atoms with Gasteiger partial charge >= 0.3 is 5.97 Å². The molecular formula is C13H16ClNO3S. The molecule has 4 nitrogen and oxygen atoms in total. The maximum Gasteiger partial charge on any atom is 0.307 e. The van der Waals surface area contributed by atoms with Gasteiger partial charge in [-0.3, -0.25) is 4.79 Å². The van der Waals surface area contributed by atoms with Gasteiger partial charge in [-0.15, -0.1) is 11.8 Å². The summed E-state index contributed by atoms with van der Waals surface area (Å²) in [5.74, 6) is -0.408. The van der Waals surface area contributed by atoms with Gasteiger partial charge in [0.05, 0.1) is 22.9 Å². The van der Waals surface area contributed by atoms with Crippen molar-refractivity contribution in [3.05, 3.63) is 22.7 Å². The van der Waals surface area contributed by atoms with Crippen LogP contribution in [0.5, 0.6) is 5.75 Å². The van der Waals surface area contributed by atoms with Crippen LogP contribution in [-0.2, 0) is 4.79 Å². The minimum atomic E-state index is -0.750. The minimum Gasteiger partial charge on any atom is -0.494 e. The molecule has 1 aliphatic rings. The van der Waals surface area contributed by atoms with E-state index in [4.69, 9.17) is 21.4 Å². The molecule has 0 spiro atoms. The summed E-state index contributed by atoms with van der Waals surface area (Å²) in [6, 6.07) is 3.90. The van der Waals surface area contributed by atoms with Crippen molar-refractivity contribution < 1.29 is 14.6 Å². The van der Waals surface area contributed by atoms with E-state index in [1.807, 2.05) is 18.4 Å². The van der Waals surface area contributed by atoms with Gasteiger partial charge in [-0.1, -0.05) is 11.6 Å². The molecule has 1 aromatic carbocycles. The second-order valence-electron chi connectivity index (χ2n) is 4.47. The van der Waals surface area contributed by atoms with Crippen LogP contribution in [0.25, 0.3) is 0 Å². The van der Waals surface area contributed by atoms with E-state index in [2.05, 4.69) is 5.32 Å².